The van der Waals surface area contributed by atoms with Crippen molar-refractivity contribution in [2.24, 2.45) is 0 Å². The zero-order valence-corrected chi connectivity index (χ0v) is 6.80. The van der Waals surface area contributed by atoms with Gasteiger partial charge in [0.1, 0.15) is 0 Å². The lowest BCUT2D eigenvalue weighted by Gasteiger charge is -2.03. The van der Waals surface area contributed by atoms with Crippen LogP contribution in [-0.4, -0.2) is 11.0 Å². The zero-order chi connectivity index (χ0) is 8.72. The van der Waals surface area contributed by atoms with Crippen LogP contribution < -0.4 is 5.32 Å². The van der Waals surface area contributed by atoms with Gasteiger partial charge in [-0.15, -0.1) is 0 Å². The van der Waals surface area contributed by atoms with Crippen molar-refractivity contribution in [1.29, 1.82) is 0 Å². The fourth-order valence-electron chi connectivity index (χ4n) is 1.29. The molecule has 0 radical (unpaired) electrons. The molecule has 2 rings (SSSR count). The molecule has 4 heteroatoms. The average molecular weight is 184 g/mol. The number of aliphatic hydroxyl groups is 1. The van der Waals surface area contributed by atoms with Crippen LogP contribution in [0.2, 0.25) is 5.02 Å². The van der Waals surface area contributed by atoms with Gasteiger partial charge in [-0.3, -0.25) is 4.79 Å². The molecule has 12 heavy (non-hydrogen) atoms. The predicted octanol–water partition coefficient (Wildman–Crippen LogP) is 1.07. The Labute approximate surface area is 74.0 Å². The van der Waals surface area contributed by atoms with E-state index in [1.165, 1.54) is 0 Å². The second-order valence-electron chi connectivity index (χ2n) is 2.58. The maximum atomic E-state index is 11.1. The van der Waals surface area contributed by atoms with Gasteiger partial charge in [-0.2, -0.15) is 0 Å². The Morgan fingerprint density at radius 1 is 1.50 bits per heavy atom. The molecule has 62 valence electrons. The first-order chi connectivity index (χ1) is 5.70. The third-order valence-corrected chi connectivity index (χ3v) is 2.17. The Kier molecular flexibility index (Phi) is 1.56. The van der Waals surface area contributed by atoms with Crippen molar-refractivity contribution >= 4 is 17.5 Å². The van der Waals surface area contributed by atoms with E-state index < -0.39 is 6.23 Å². The van der Waals surface area contributed by atoms with E-state index in [2.05, 4.69) is 5.32 Å². The molecule has 1 amide bonds. The van der Waals surface area contributed by atoms with Crippen LogP contribution in [-0.2, 0) is 0 Å². The maximum absolute atomic E-state index is 11.1. The summed E-state index contributed by atoms with van der Waals surface area (Å²) < 4.78 is 0. The summed E-state index contributed by atoms with van der Waals surface area (Å²) in [5, 5.41) is 12.1. The SMILES string of the molecule is O=C1NC(O)c2c(Cl)cccc21. The predicted molar refractivity (Wildman–Crippen MR) is 43.9 cm³/mol. The van der Waals surface area contributed by atoms with Gasteiger partial charge in [0.25, 0.3) is 5.91 Å². The molecule has 3 nitrogen and oxygen atoms in total. The van der Waals surface area contributed by atoms with Gasteiger partial charge in [0.2, 0.25) is 0 Å². The molecule has 0 saturated heterocycles. The lowest BCUT2D eigenvalue weighted by molar-refractivity contribution is 0.0851. The first kappa shape index (κ1) is 7.58. The lowest BCUT2D eigenvalue weighted by Crippen LogP contribution is -2.18. The van der Waals surface area contributed by atoms with E-state index in [1.54, 1.807) is 18.2 Å². The van der Waals surface area contributed by atoms with Crippen LogP contribution in [0.1, 0.15) is 22.1 Å². The van der Waals surface area contributed by atoms with Gasteiger partial charge in [0.05, 0.1) is 0 Å². The first-order valence-corrected chi connectivity index (χ1v) is 3.85. The zero-order valence-electron chi connectivity index (χ0n) is 6.04. The average Bonchev–Trinajstić information content (AvgIpc) is 2.29. The van der Waals surface area contributed by atoms with E-state index in [0.717, 1.165) is 0 Å². The smallest absolute Gasteiger partial charge is 0.254 e. The Bertz CT molecular complexity index is 351. The van der Waals surface area contributed by atoms with Crippen molar-refractivity contribution < 1.29 is 9.90 Å². The molecule has 0 bridgehead atoms. The number of rotatable bonds is 0. The first-order valence-electron chi connectivity index (χ1n) is 3.47. The summed E-state index contributed by atoms with van der Waals surface area (Å²) in [5.41, 5.74) is 0.930. The minimum Gasteiger partial charge on any atom is -0.369 e. The van der Waals surface area contributed by atoms with Gasteiger partial charge >= 0.3 is 0 Å². The van der Waals surface area contributed by atoms with E-state index in [9.17, 15) is 9.90 Å². The van der Waals surface area contributed by atoms with E-state index in [-0.39, 0.29) is 5.91 Å². The van der Waals surface area contributed by atoms with Gasteiger partial charge in [-0.05, 0) is 12.1 Å². The Balaban J connectivity index is 2.67. The molecule has 1 aromatic carbocycles. The highest BCUT2D eigenvalue weighted by Crippen LogP contribution is 2.29. The third kappa shape index (κ3) is 0.906. The molecule has 1 aliphatic rings. The van der Waals surface area contributed by atoms with Crippen LogP contribution in [0.15, 0.2) is 18.2 Å². The molecule has 0 aliphatic carbocycles. The van der Waals surface area contributed by atoms with Crippen molar-refractivity contribution in [3.8, 4) is 0 Å². The highest BCUT2D eigenvalue weighted by molar-refractivity contribution is 6.32. The number of benzene rings is 1. The van der Waals surface area contributed by atoms with Crippen LogP contribution in [0, 0.1) is 0 Å². The molecule has 0 spiro atoms. The largest absolute Gasteiger partial charge is 0.369 e. The molecule has 1 aliphatic heterocycles. The van der Waals surface area contributed by atoms with Gasteiger partial charge in [-0.1, -0.05) is 17.7 Å². The summed E-state index contributed by atoms with van der Waals surface area (Å²) in [5.74, 6) is -0.278. The number of hydrogen-bond donors (Lipinski definition) is 2. The van der Waals surface area contributed by atoms with Crippen LogP contribution in [0.5, 0.6) is 0 Å². The molecule has 0 fully saturated rings. The van der Waals surface area contributed by atoms with Gasteiger partial charge in [-0.25, -0.2) is 0 Å². The Morgan fingerprint density at radius 3 is 2.92 bits per heavy atom. The van der Waals surface area contributed by atoms with E-state index in [0.29, 0.717) is 16.1 Å². The Morgan fingerprint density at radius 2 is 2.25 bits per heavy atom. The van der Waals surface area contributed by atoms with Gasteiger partial charge in [0, 0.05) is 16.1 Å². The lowest BCUT2D eigenvalue weighted by atomic mass is 10.1. The second kappa shape index (κ2) is 2.47. The van der Waals surface area contributed by atoms with Crippen molar-refractivity contribution in [3.05, 3.63) is 34.3 Å². The Hall–Kier alpha value is -1.06. The number of carbonyl (C=O) groups excluding carboxylic acids is 1. The van der Waals surface area contributed by atoms with Crippen molar-refractivity contribution in [2.75, 3.05) is 0 Å². The van der Waals surface area contributed by atoms with E-state index in [1.807, 2.05) is 0 Å². The van der Waals surface area contributed by atoms with Crippen LogP contribution in [0.25, 0.3) is 0 Å². The van der Waals surface area contributed by atoms with Gasteiger partial charge in [0.15, 0.2) is 6.23 Å². The number of halogens is 1. The monoisotopic (exact) mass is 183 g/mol. The minimum absolute atomic E-state index is 0.278. The summed E-state index contributed by atoms with van der Waals surface area (Å²) in [4.78, 5) is 11.1. The molecule has 1 atom stereocenters. The summed E-state index contributed by atoms with van der Waals surface area (Å²) in [6.07, 6.45) is -0.957. The molecular formula is C8H6ClNO2. The quantitative estimate of drug-likeness (QED) is 0.632. The van der Waals surface area contributed by atoms with E-state index in [4.69, 9.17) is 11.6 Å². The fraction of sp³-hybridized carbons (Fsp3) is 0.125. The molecular weight excluding hydrogens is 178 g/mol. The summed E-state index contributed by atoms with van der Waals surface area (Å²) in [7, 11) is 0. The normalized spacial score (nSPS) is 20.5. The van der Waals surface area contributed by atoms with Crippen LogP contribution >= 0.6 is 11.6 Å². The van der Waals surface area contributed by atoms with Crippen molar-refractivity contribution in [2.45, 2.75) is 6.23 Å². The number of fused-ring (bicyclic) bond motifs is 1. The third-order valence-electron chi connectivity index (χ3n) is 1.84. The standard InChI is InChI=1S/C8H6ClNO2/c9-5-3-1-2-4-6(5)8(12)10-7(4)11/h1-3,8,12H,(H,10,11). The minimum atomic E-state index is -0.957. The maximum Gasteiger partial charge on any atom is 0.254 e. The number of carbonyl (C=O) groups is 1. The number of hydrogen-bond acceptors (Lipinski definition) is 2. The second-order valence-corrected chi connectivity index (χ2v) is 2.98. The van der Waals surface area contributed by atoms with Crippen molar-refractivity contribution in [3.63, 3.8) is 0 Å². The number of nitrogens with one attached hydrogen (secondary N) is 1. The van der Waals surface area contributed by atoms with E-state index >= 15 is 0 Å². The number of aliphatic hydroxyl groups excluding tert-OH is 1. The highest BCUT2D eigenvalue weighted by Gasteiger charge is 2.28. The highest BCUT2D eigenvalue weighted by atomic mass is 35.5. The molecule has 1 aromatic rings. The van der Waals surface area contributed by atoms with Gasteiger partial charge < -0.3 is 10.4 Å². The molecule has 1 heterocycles. The summed E-state index contributed by atoms with van der Waals surface area (Å²) in [6.45, 7) is 0. The van der Waals surface area contributed by atoms with Crippen molar-refractivity contribution in [1.82, 2.24) is 5.32 Å². The number of amides is 1. The van der Waals surface area contributed by atoms with Crippen LogP contribution in [0.4, 0.5) is 0 Å². The van der Waals surface area contributed by atoms with Crippen LogP contribution in [0.3, 0.4) is 0 Å². The topological polar surface area (TPSA) is 49.3 Å². The summed E-state index contributed by atoms with van der Waals surface area (Å²) >= 11 is 5.78. The molecule has 2 N–H and O–H groups in total. The fourth-order valence-corrected chi connectivity index (χ4v) is 1.56. The molecule has 0 saturated carbocycles. The molecule has 0 aromatic heterocycles. The molecule has 1 unspecified atom stereocenters. The summed E-state index contributed by atoms with van der Waals surface area (Å²) in [6, 6.07) is 4.95.